The second-order valence-electron chi connectivity index (χ2n) is 5.98. The molecule has 0 atom stereocenters. The highest BCUT2D eigenvalue weighted by Crippen LogP contribution is 2.31. The van der Waals surface area contributed by atoms with Crippen LogP contribution in [-0.2, 0) is 13.0 Å². The quantitative estimate of drug-likeness (QED) is 0.676. The van der Waals surface area contributed by atoms with Gasteiger partial charge in [-0.3, -0.25) is 4.79 Å². The van der Waals surface area contributed by atoms with Crippen LogP contribution in [0.5, 0.6) is 5.75 Å². The number of aromatic nitrogens is 2. The summed E-state index contributed by atoms with van der Waals surface area (Å²) in [5.41, 5.74) is 2.15. The van der Waals surface area contributed by atoms with Crippen molar-refractivity contribution < 1.29 is 18.3 Å². The Balaban J connectivity index is 1.83. The first-order valence-corrected chi connectivity index (χ1v) is 9.29. The van der Waals surface area contributed by atoms with E-state index < -0.39 is 6.61 Å². The van der Waals surface area contributed by atoms with Gasteiger partial charge in [-0.25, -0.2) is 9.97 Å². The van der Waals surface area contributed by atoms with Gasteiger partial charge in [-0.2, -0.15) is 8.78 Å². The molecular formula is C19H19F2N3O2S. The van der Waals surface area contributed by atoms with Crippen molar-refractivity contribution in [3.8, 4) is 5.75 Å². The van der Waals surface area contributed by atoms with Gasteiger partial charge in [0.05, 0.1) is 4.88 Å². The van der Waals surface area contributed by atoms with E-state index in [2.05, 4.69) is 20.0 Å². The number of para-hydroxylation sites is 1. The number of nitrogens with one attached hydrogen (secondary N) is 1. The van der Waals surface area contributed by atoms with Crippen molar-refractivity contribution in [3.05, 3.63) is 51.8 Å². The fraction of sp³-hybridized carbons (Fsp3) is 0.316. The van der Waals surface area contributed by atoms with E-state index in [1.807, 2.05) is 20.8 Å². The molecule has 0 aliphatic heterocycles. The summed E-state index contributed by atoms with van der Waals surface area (Å²) in [4.78, 5) is 23.0. The molecule has 0 fully saturated rings. The van der Waals surface area contributed by atoms with Gasteiger partial charge < -0.3 is 10.1 Å². The monoisotopic (exact) mass is 391 g/mol. The number of halogens is 2. The third-order valence-corrected chi connectivity index (χ3v) is 5.35. The largest absolute Gasteiger partial charge is 0.434 e. The van der Waals surface area contributed by atoms with E-state index in [0.29, 0.717) is 10.4 Å². The van der Waals surface area contributed by atoms with Crippen molar-refractivity contribution in [2.24, 2.45) is 0 Å². The molecule has 1 amide bonds. The van der Waals surface area contributed by atoms with Gasteiger partial charge in [0.15, 0.2) is 0 Å². The number of aryl methyl sites for hydroxylation is 3. The SMILES string of the molecule is CCc1nc(C)c2c(C)c(C(=O)NCc3ccccc3OC(F)F)sc2n1. The molecule has 0 bridgehead atoms. The highest BCUT2D eigenvalue weighted by molar-refractivity contribution is 7.20. The van der Waals surface area contributed by atoms with E-state index in [1.165, 1.54) is 17.4 Å². The number of nitrogens with zero attached hydrogens (tertiary/aromatic N) is 2. The normalized spacial score (nSPS) is 11.2. The summed E-state index contributed by atoms with van der Waals surface area (Å²) in [6.07, 6.45) is 0.718. The molecule has 3 rings (SSSR count). The lowest BCUT2D eigenvalue weighted by Gasteiger charge is -2.11. The molecule has 0 saturated carbocycles. The van der Waals surface area contributed by atoms with E-state index in [0.717, 1.165) is 33.7 Å². The minimum Gasteiger partial charge on any atom is -0.434 e. The van der Waals surface area contributed by atoms with E-state index in [9.17, 15) is 13.6 Å². The Hall–Kier alpha value is -2.61. The Bertz CT molecular complexity index is 988. The van der Waals surface area contributed by atoms with Crippen molar-refractivity contribution >= 4 is 27.5 Å². The van der Waals surface area contributed by atoms with Crippen LogP contribution in [-0.4, -0.2) is 22.5 Å². The molecule has 1 aromatic carbocycles. The number of amides is 1. The van der Waals surface area contributed by atoms with Crippen LogP contribution in [0.3, 0.4) is 0 Å². The van der Waals surface area contributed by atoms with Crippen molar-refractivity contribution in [3.63, 3.8) is 0 Å². The Morgan fingerprint density at radius 1 is 1.26 bits per heavy atom. The smallest absolute Gasteiger partial charge is 0.387 e. The van der Waals surface area contributed by atoms with E-state index in [1.54, 1.807) is 18.2 Å². The highest BCUT2D eigenvalue weighted by Gasteiger charge is 2.19. The standard InChI is InChI=1S/C19H19F2N3O2S/c1-4-14-23-11(3)15-10(2)16(27-18(15)24-14)17(25)22-9-12-7-5-6-8-13(12)26-19(20)21/h5-8,19H,4,9H2,1-3H3,(H,22,25). The van der Waals surface area contributed by atoms with Crippen LogP contribution >= 0.6 is 11.3 Å². The second kappa shape index (κ2) is 7.96. The van der Waals surface area contributed by atoms with Crippen LogP contribution in [0.4, 0.5) is 8.78 Å². The second-order valence-corrected chi connectivity index (χ2v) is 6.98. The van der Waals surface area contributed by atoms with Gasteiger partial charge in [-0.15, -0.1) is 11.3 Å². The lowest BCUT2D eigenvalue weighted by atomic mass is 10.1. The number of alkyl halides is 2. The molecule has 2 heterocycles. The molecule has 0 radical (unpaired) electrons. The fourth-order valence-corrected chi connectivity index (χ4v) is 4.05. The van der Waals surface area contributed by atoms with Crippen molar-refractivity contribution in [2.45, 2.75) is 40.3 Å². The van der Waals surface area contributed by atoms with Crippen LogP contribution < -0.4 is 10.1 Å². The maximum Gasteiger partial charge on any atom is 0.387 e. The number of hydrogen-bond donors (Lipinski definition) is 1. The van der Waals surface area contributed by atoms with E-state index in [-0.39, 0.29) is 18.2 Å². The Morgan fingerprint density at radius 2 is 2.00 bits per heavy atom. The summed E-state index contributed by atoms with van der Waals surface area (Å²) in [5.74, 6) is 0.515. The molecule has 0 aliphatic rings. The Kier molecular flexibility index (Phi) is 5.65. The fourth-order valence-electron chi connectivity index (χ4n) is 2.89. The zero-order valence-electron chi connectivity index (χ0n) is 15.2. The molecule has 27 heavy (non-hydrogen) atoms. The number of ether oxygens (including phenoxy) is 1. The van der Waals surface area contributed by atoms with Gasteiger partial charge in [0, 0.05) is 29.6 Å². The molecule has 0 saturated heterocycles. The van der Waals surface area contributed by atoms with Crippen molar-refractivity contribution in [2.75, 3.05) is 0 Å². The highest BCUT2D eigenvalue weighted by atomic mass is 32.1. The number of benzene rings is 1. The van der Waals surface area contributed by atoms with Gasteiger partial charge in [-0.05, 0) is 25.5 Å². The third kappa shape index (κ3) is 4.05. The first-order chi connectivity index (χ1) is 12.9. The number of carbonyl (C=O) groups excluding carboxylic acids is 1. The maximum atomic E-state index is 12.7. The van der Waals surface area contributed by atoms with Gasteiger partial charge in [0.2, 0.25) is 0 Å². The predicted octanol–water partition coefficient (Wildman–Crippen LogP) is 4.40. The van der Waals surface area contributed by atoms with Gasteiger partial charge in [0.25, 0.3) is 5.91 Å². The van der Waals surface area contributed by atoms with Crippen molar-refractivity contribution in [1.29, 1.82) is 0 Å². The van der Waals surface area contributed by atoms with Crippen LogP contribution in [0.25, 0.3) is 10.2 Å². The van der Waals surface area contributed by atoms with Crippen LogP contribution in [0, 0.1) is 13.8 Å². The summed E-state index contributed by atoms with van der Waals surface area (Å²) in [6, 6.07) is 6.39. The zero-order valence-corrected chi connectivity index (χ0v) is 16.0. The van der Waals surface area contributed by atoms with Gasteiger partial charge in [-0.1, -0.05) is 25.1 Å². The molecular weight excluding hydrogens is 372 g/mol. The summed E-state index contributed by atoms with van der Waals surface area (Å²) in [5, 5.41) is 3.67. The molecule has 2 aromatic heterocycles. The predicted molar refractivity (Wildman–Crippen MR) is 101 cm³/mol. The van der Waals surface area contributed by atoms with E-state index in [4.69, 9.17) is 0 Å². The molecule has 0 spiro atoms. The molecule has 8 heteroatoms. The maximum absolute atomic E-state index is 12.7. The minimum absolute atomic E-state index is 0.0511. The average molecular weight is 391 g/mol. The van der Waals surface area contributed by atoms with Crippen LogP contribution in [0.2, 0.25) is 0 Å². The lowest BCUT2D eigenvalue weighted by Crippen LogP contribution is -2.23. The first-order valence-electron chi connectivity index (χ1n) is 8.48. The minimum atomic E-state index is -2.92. The number of carbonyl (C=O) groups is 1. The topological polar surface area (TPSA) is 64.1 Å². The third-order valence-electron chi connectivity index (χ3n) is 4.17. The first kappa shape index (κ1) is 19.2. The summed E-state index contributed by atoms with van der Waals surface area (Å²) >= 11 is 1.31. The van der Waals surface area contributed by atoms with Crippen molar-refractivity contribution in [1.82, 2.24) is 15.3 Å². The average Bonchev–Trinajstić information content (AvgIpc) is 2.97. The summed E-state index contributed by atoms with van der Waals surface area (Å²) in [6.45, 7) is 2.92. The summed E-state index contributed by atoms with van der Waals surface area (Å²) < 4.78 is 29.5. The van der Waals surface area contributed by atoms with Gasteiger partial charge in [0.1, 0.15) is 16.4 Å². The molecule has 0 aliphatic carbocycles. The van der Waals surface area contributed by atoms with Crippen LogP contribution in [0.1, 0.15) is 39.2 Å². The molecule has 5 nitrogen and oxygen atoms in total. The Morgan fingerprint density at radius 3 is 2.70 bits per heavy atom. The Labute approximate surface area is 159 Å². The van der Waals surface area contributed by atoms with Crippen LogP contribution in [0.15, 0.2) is 24.3 Å². The zero-order chi connectivity index (χ0) is 19.6. The van der Waals surface area contributed by atoms with E-state index >= 15 is 0 Å². The number of fused-ring (bicyclic) bond motifs is 1. The number of hydrogen-bond acceptors (Lipinski definition) is 5. The lowest BCUT2D eigenvalue weighted by molar-refractivity contribution is -0.0504. The number of rotatable bonds is 6. The molecule has 1 N–H and O–H groups in total. The summed E-state index contributed by atoms with van der Waals surface area (Å²) in [7, 11) is 0. The number of thiophene rings is 1. The molecule has 0 unspecified atom stereocenters. The molecule has 142 valence electrons. The van der Waals surface area contributed by atoms with Gasteiger partial charge >= 0.3 is 6.61 Å². The molecule has 3 aromatic rings.